The van der Waals surface area contributed by atoms with Gasteiger partial charge in [0.2, 0.25) is 0 Å². The standard InChI is InChI=1S/C31H33F3O/c1-3-5-21-6-13-24(14-7-21)28-18-16-25(30(33)31(28)34)15-10-22-8-11-23(12-9-22)27-19-17-26(35-4-2)20-29(27)32/h6-13,15-16,19-20,24,26,28H,3-5,14,17-18H2,1-2H3/b15-10+. The van der Waals surface area contributed by atoms with Gasteiger partial charge in [-0.1, -0.05) is 85.7 Å². The van der Waals surface area contributed by atoms with Crippen molar-refractivity contribution in [2.45, 2.75) is 52.1 Å². The minimum Gasteiger partial charge on any atom is -0.374 e. The van der Waals surface area contributed by atoms with E-state index < -0.39 is 17.6 Å². The van der Waals surface area contributed by atoms with Crippen LogP contribution in [0.5, 0.6) is 0 Å². The molecule has 0 aliphatic heterocycles. The van der Waals surface area contributed by atoms with Gasteiger partial charge in [0.1, 0.15) is 11.7 Å². The van der Waals surface area contributed by atoms with Crippen LogP contribution in [0.25, 0.3) is 11.6 Å². The molecule has 3 aliphatic rings. The molecule has 0 heterocycles. The fraction of sp³-hybridized carbons (Fsp3) is 0.355. The average Bonchev–Trinajstić information content (AvgIpc) is 2.87. The van der Waals surface area contributed by atoms with E-state index in [9.17, 15) is 13.2 Å². The van der Waals surface area contributed by atoms with E-state index in [0.29, 0.717) is 25.0 Å². The SMILES string of the molecule is CCCC1=CCC(C2CC=C(/C=C/c3ccc(C4=CCC(OCC)C=C4F)cc3)C(F)=C2F)C=C1. The second-order valence-electron chi connectivity index (χ2n) is 9.27. The van der Waals surface area contributed by atoms with Gasteiger partial charge in [0.25, 0.3) is 0 Å². The number of benzene rings is 1. The maximum Gasteiger partial charge on any atom is 0.161 e. The zero-order valence-electron chi connectivity index (χ0n) is 20.4. The Labute approximate surface area is 206 Å². The fourth-order valence-corrected chi connectivity index (χ4v) is 4.90. The molecule has 1 nitrogen and oxygen atoms in total. The van der Waals surface area contributed by atoms with Crippen molar-refractivity contribution in [3.63, 3.8) is 0 Å². The quantitative estimate of drug-likeness (QED) is 0.362. The van der Waals surface area contributed by atoms with Crippen LogP contribution in [0.4, 0.5) is 13.2 Å². The lowest BCUT2D eigenvalue weighted by atomic mass is 9.79. The minimum atomic E-state index is -0.769. The molecule has 184 valence electrons. The molecule has 3 unspecified atom stereocenters. The van der Waals surface area contributed by atoms with Gasteiger partial charge in [-0.3, -0.25) is 0 Å². The van der Waals surface area contributed by atoms with E-state index in [1.165, 1.54) is 11.6 Å². The van der Waals surface area contributed by atoms with Crippen molar-refractivity contribution in [3.8, 4) is 0 Å². The number of ether oxygens (including phenoxy) is 1. The van der Waals surface area contributed by atoms with Gasteiger partial charge in [0.15, 0.2) is 5.83 Å². The molecule has 0 N–H and O–H groups in total. The number of halogens is 3. The molecule has 0 amide bonds. The highest BCUT2D eigenvalue weighted by atomic mass is 19.2. The van der Waals surface area contributed by atoms with Crippen molar-refractivity contribution in [1.82, 2.24) is 0 Å². The Morgan fingerprint density at radius 1 is 0.943 bits per heavy atom. The summed E-state index contributed by atoms with van der Waals surface area (Å²) in [5.41, 5.74) is 3.72. The summed E-state index contributed by atoms with van der Waals surface area (Å²) >= 11 is 0. The molecule has 35 heavy (non-hydrogen) atoms. The summed E-state index contributed by atoms with van der Waals surface area (Å²) in [5, 5.41) is 0. The highest BCUT2D eigenvalue weighted by molar-refractivity contribution is 5.78. The Morgan fingerprint density at radius 3 is 2.40 bits per heavy atom. The van der Waals surface area contributed by atoms with Gasteiger partial charge in [-0.2, -0.15) is 0 Å². The first-order chi connectivity index (χ1) is 17.0. The molecular formula is C31H33F3O. The van der Waals surface area contributed by atoms with Crippen LogP contribution in [0.3, 0.4) is 0 Å². The predicted molar refractivity (Wildman–Crippen MR) is 138 cm³/mol. The summed E-state index contributed by atoms with van der Waals surface area (Å²) in [6.07, 6.45) is 18.5. The van der Waals surface area contributed by atoms with Crippen LogP contribution in [0.1, 0.15) is 57.1 Å². The van der Waals surface area contributed by atoms with Crippen LogP contribution >= 0.6 is 0 Å². The molecule has 0 bridgehead atoms. The Morgan fingerprint density at radius 2 is 1.74 bits per heavy atom. The average molecular weight is 479 g/mol. The number of allylic oxidation sites excluding steroid dienone is 11. The first-order valence-corrected chi connectivity index (χ1v) is 12.6. The minimum absolute atomic E-state index is 0.0111. The normalized spacial score (nSPS) is 24.9. The molecule has 0 fully saturated rings. The van der Waals surface area contributed by atoms with Crippen LogP contribution in [0.15, 0.2) is 95.4 Å². The monoisotopic (exact) mass is 478 g/mol. The van der Waals surface area contributed by atoms with Gasteiger partial charge in [0, 0.05) is 23.7 Å². The molecule has 1 aromatic rings. The molecule has 3 atom stereocenters. The summed E-state index contributed by atoms with van der Waals surface area (Å²) < 4.78 is 49.8. The lowest BCUT2D eigenvalue weighted by Crippen LogP contribution is -2.18. The maximum absolute atomic E-state index is 14.9. The van der Waals surface area contributed by atoms with Crippen LogP contribution in [-0.2, 0) is 4.74 Å². The van der Waals surface area contributed by atoms with Gasteiger partial charge in [-0.05, 0) is 55.7 Å². The molecule has 0 spiro atoms. The fourth-order valence-electron chi connectivity index (χ4n) is 4.90. The van der Waals surface area contributed by atoms with E-state index >= 15 is 0 Å². The summed E-state index contributed by atoms with van der Waals surface area (Å²) in [4.78, 5) is 0. The first-order valence-electron chi connectivity index (χ1n) is 12.6. The van der Waals surface area contributed by atoms with Gasteiger partial charge < -0.3 is 4.74 Å². The second-order valence-corrected chi connectivity index (χ2v) is 9.27. The molecule has 3 aliphatic carbocycles. The van der Waals surface area contributed by atoms with E-state index in [0.717, 1.165) is 30.4 Å². The number of hydrogen-bond acceptors (Lipinski definition) is 1. The van der Waals surface area contributed by atoms with E-state index in [4.69, 9.17) is 4.74 Å². The smallest absolute Gasteiger partial charge is 0.161 e. The number of rotatable bonds is 8. The third kappa shape index (κ3) is 6.05. The molecule has 1 aromatic carbocycles. The molecule has 0 saturated heterocycles. The first kappa shape index (κ1) is 25.2. The second kappa shape index (κ2) is 11.7. The maximum atomic E-state index is 14.9. The van der Waals surface area contributed by atoms with E-state index in [1.54, 1.807) is 18.2 Å². The number of hydrogen-bond donors (Lipinski definition) is 0. The van der Waals surface area contributed by atoms with Crippen molar-refractivity contribution in [3.05, 3.63) is 107 Å². The summed E-state index contributed by atoms with van der Waals surface area (Å²) in [5.74, 6) is -2.16. The zero-order valence-corrected chi connectivity index (χ0v) is 20.4. The summed E-state index contributed by atoms with van der Waals surface area (Å²) in [6, 6.07) is 7.39. The third-order valence-corrected chi connectivity index (χ3v) is 6.85. The predicted octanol–water partition coefficient (Wildman–Crippen LogP) is 9.14. The Balaban J connectivity index is 1.39. The largest absolute Gasteiger partial charge is 0.374 e. The third-order valence-electron chi connectivity index (χ3n) is 6.85. The molecule has 0 aromatic heterocycles. The van der Waals surface area contributed by atoms with Crippen molar-refractivity contribution in [2.75, 3.05) is 6.61 Å². The summed E-state index contributed by atoms with van der Waals surface area (Å²) in [7, 11) is 0. The highest BCUT2D eigenvalue weighted by Gasteiger charge is 2.30. The van der Waals surface area contributed by atoms with Crippen molar-refractivity contribution >= 4 is 11.6 Å². The lowest BCUT2D eigenvalue weighted by Gasteiger charge is -2.27. The van der Waals surface area contributed by atoms with E-state index in [-0.39, 0.29) is 23.4 Å². The molecule has 4 heteroatoms. The van der Waals surface area contributed by atoms with Crippen molar-refractivity contribution in [1.29, 1.82) is 0 Å². The topological polar surface area (TPSA) is 9.23 Å². The Hall–Kier alpha value is -2.85. The Kier molecular flexibility index (Phi) is 8.46. The van der Waals surface area contributed by atoms with Crippen LogP contribution in [0.2, 0.25) is 0 Å². The van der Waals surface area contributed by atoms with Crippen LogP contribution in [-0.4, -0.2) is 12.7 Å². The van der Waals surface area contributed by atoms with Gasteiger partial charge >= 0.3 is 0 Å². The van der Waals surface area contributed by atoms with Gasteiger partial charge in [0.05, 0.1) is 6.10 Å². The Bertz CT molecular complexity index is 1130. The summed E-state index contributed by atoms with van der Waals surface area (Å²) in [6.45, 7) is 4.57. The lowest BCUT2D eigenvalue weighted by molar-refractivity contribution is 0.0964. The van der Waals surface area contributed by atoms with Crippen molar-refractivity contribution < 1.29 is 17.9 Å². The molecule has 4 rings (SSSR count). The molecule has 0 saturated carbocycles. The molecule has 0 radical (unpaired) electrons. The highest BCUT2D eigenvalue weighted by Crippen LogP contribution is 2.40. The van der Waals surface area contributed by atoms with Crippen LogP contribution in [0, 0.1) is 11.8 Å². The van der Waals surface area contributed by atoms with Gasteiger partial charge in [-0.15, -0.1) is 0 Å². The van der Waals surface area contributed by atoms with E-state index in [1.807, 2.05) is 43.3 Å². The van der Waals surface area contributed by atoms with E-state index in [2.05, 4.69) is 19.1 Å². The molecular weight excluding hydrogens is 445 g/mol. The van der Waals surface area contributed by atoms with Gasteiger partial charge in [-0.25, -0.2) is 13.2 Å². The van der Waals surface area contributed by atoms with Crippen molar-refractivity contribution in [2.24, 2.45) is 11.8 Å². The van der Waals surface area contributed by atoms with Crippen LogP contribution < -0.4 is 0 Å². The zero-order chi connectivity index (χ0) is 24.8.